The van der Waals surface area contributed by atoms with Crippen LogP contribution in [0.3, 0.4) is 0 Å². The van der Waals surface area contributed by atoms with Crippen LogP contribution in [0.15, 0.2) is 50.9 Å². The molecule has 0 saturated carbocycles. The molecule has 138 valence electrons. The first-order valence-electron chi connectivity index (χ1n) is 8.31. The lowest BCUT2D eigenvalue weighted by atomic mass is 10.1. The van der Waals surface area contributed by atoms with E-state index in [0.29, 0.717) is 21.4 Å². The number of hydrazone groups is 1. The molecule has 4 rings (SSSR count). The number of hydrogen-bond acceptors (Lipinski definition) is 8. The van der Waals surface area contributed by atoms with Gasteiger partial charge in [0, 0.05) is 11.0 Å². The zero-order valence-electron chi connectivity index (χ0n) is 14.3. The van der Waals surface area contributed by atoms with E-state index in [0.717, 1.165) is 12.2 Å². The third-order valence-electron chi connectivity index (χ3n) is 4.01. The summed E-state index contributed by atoms with van der Waals surface area (Å²) >= 11 is 1.43. The molecule has 1 N–H and O–H groups in total. The number of hydrogen-bond donors (Lipinski definition) is 1. The van der Waals surface area contributed by atoms with Gasteiger partial charge in [0.05, 0.1) is 11.4 Å². The number of carbonyl (C=O) groups excluding carboxylic acids is 1. The summed E-state index contributed by atoms with van der Waals surface area (Å²) in [5.41, 5.74) is 0.338. The predicted octanol–water partition coefficient (Wildman–Crippen LogP) is 1.47. The normalized spacial score (nSPS) is 18.2. The number of nitrogens with zero attached hydrogens (tertiary/aromatic N) is 4. The van der Waals surface area contributed by atoms with E-state index in [-0.39, 0.29) is 17.6 Å². The second-order valence-electron chi connectivity index (χ2n) is 5.85. The van der Waals surface area contributed by atoms with Gasteiger partial charge in [-0.05, 0) is 18.6 Å². The van der Waals surface area contributed by atoms with Crippen molar-refractivity contribution in [2.75, 3.05) is 5.75 Å². The maximum Gasteiger partial charge on any atom is 0.433 e. The summed E-state index contributed by atoms with van der Waals surface area (Å²) in [6.45, 7) is 2.03. The third kappa shape index (κ3) is 3.08. The highest BCUT2D eigenvalue weighted by atomic mass is 32.2. The zero-order chi connectivity index (χ0) is 19.0. The van der Waals surface area contributed by atoms with Gasteiger partial charge in [-0.1, -0.05) is 36.9 Å². The molecule has 3 heterocycles. The molecule has 27 heavy (non-hydrogen) atoms. The second-order valence-corrected chi connectivity index (χ2v) is 6.94. The minimum absolute atomic E-state index is 0.243. The molecular weight excluding hydrogens is 370 g/mol. The van der Waals surface area contributed by atoms with Gasteiger partial charge in [0.25, 0.3) is 5.91 Å². The Morgan fingerprint density at radius 3 is 2.89 bits per heavy atom. The molecule has 0 spiro atoms. The molecular formula is C17H15N5O4S. The lowest BCUT2D eigenvalue weighted by molar-refractivity contribution is -0.402. The van der Waals surface area contributed by atoms with Gasteiger partial charge in [-0.25, -0.2) is 10.0 Å². The van der Waals surface area contributed by atoms with E-state index in [1.165, 1.54) is 28.9 Å². The molecule has 1 aromatic heterocycles. The largest absolute Gasteiger partial charge is 0.433 e. The first-order valence-corrected chi connectivity index (χ1v) is 9.30. The van der Waals surface area contributed by atoms with Gasteiger partial charge < -0.3 is 4.42 Å². The molecule has 0 bridgehead atoms. The molecule has 1 atom stereocenters. The van der Waals surface area contributed by atoms with Gasteiger partial charge in [-0.15, -0.1) is 5.10 Å². The van der Waals surface area contributed by atoms with Crippen molar-refractivity contribution < 1.29 is 14.1 Å². The molecule has 10 heteroatoms. The van der Waals surface area contributed by atoms with Gasteiger partial charge in [-0.2, -0.15) is 0 Å². The molecule has 2 aromatic rings. The molecule has 2 aliphatic heterocycles. The minimum atomic E-state index is -0.799. The number of nitro groups is 1. The zero-order valence-corrected chi connectivity index (χ0v) is 15.1. The van der Waals surface area contributed by atoms with Crippen molar-refractivity contribution in [2.45, 2.75) is 19.5 Å². The molecule has 9 nitrogen and oxygen atoms in total. The number of furan rings is 1. The summed E-state index contributed by atoms with van der Waals surface area (Å²) in [7, 11) is 0. The number of amides is 1. The Balaban J connectivity index is 1.87. The number of thioether (sulfide) groups is 1. The van der Waals surface area contributed by atoms with Crippen LogP contribution in [0.5, 0.6) is 0 Å². The Hall–Kier alpha value is -3.14. The molecule has 2 aliphatic rings. The van der Waals surface area contributed by atoms with Crippen LogP contribution >= 0.6 is 11.8 Å². The monoisotopic (exact) mass is 385 g/mol. The number of fused-ring (bicyclic) bond motifs is 2. The van der Waals surface area contributed by atoms with E-state index in [4.69, 9.17) is 4.42 Å². The van der Waals surface area contributed by atoms with Crippen molar-refractivity contribution in [3.05, 3.63) is 62.8 Å². The smallest absolute Gasteiger partial charge is 0.401 e. The highest BCUT2D eigenvalue weighted by molar-refractivity contribution is 8.13. The van der Waals surface area contributed by atoms with E-state index < -0.39 is 11.1 Å². The van der Waals surface area contributed by atoms with Crippen LogP contribution in [0.4, 0.5) is 5.88 Å². The summed E-state index contributed by atoms with van der Waals surface area (Å²) in [4.78, 5) is 27.8. The highest BCUT2D eigenvalue weighted by Crippen LogP contribution is 2.33. The summed E-state index contributed by atoms with van der Waals surface area (Å²) < 4.78 is 5.34. The van der Waals surface area contributed by atoms with Crippen LogP contribution < -0.4 is 15.9 Å². The fourth-order valence-corrected chi connectivity index (χ4v) is 3.56. The lowest BCUT2D eigenvalue weighted by Crippen LogP contribution is -2.50. The topological polar surface area (TPSA) is 113 Å². The van der Waals surface area contributed by atoms with Crippen LogP contribution in [0.1, 0.15) is 25.3 Å². The molecule has 0 radical (unpaired) electrons. The molecule has 1 aromatic carbocycles. The second kappa shape index (κ2) is 6.88. The van der Waals surface area contributed by atoms with Gasteiger partial charge in [0.15, 0.2) is 10.9 Å². The Morgan fingerprint density at radius 2 is 2.15 bits per heavy atom. The maximum atomic E-state index is 12.8. The predicted molar refractivity (Wildman–Crippen MR) is 98.9 cm³/mol. The summed E-state index contributed by atoms with van der Waals surface area (Å²) in [6, 6.07) is 9.95. The average Bonchev–Trinajstić information content (AvgIpc) is 3.15. The first kappa shape index (κ1) is 17.3. The molecule has 0 fully saturated rings. The van der Waals surface area contributed by atoms with Crippen molar-refractivity contribution in [3.63, 3.8) is 0 Å². The van der Waals surface area contributed by atoms with Gasteiger partial charge >= 0.3 is 5.88 Å². The van der Waals surface area contributed by atoms with Crippen molar-refractivity contribution in [1.29, 1.82) is 0 Å². The van der Waals surface area contributed by atoms with Crippen molar-refractivity contribution in [1.82, 2.24) is 10.3 Å². The number of nitrogens with one attached hydrogen (secondary N) is 1. The van der Waals surface area contributed by atoms with E-state index in [1.807, 2.05) is 19.1 Å². The third-order valence-corrected chi connectivity index (χ3v) is 5.07. The number of benzene rings is 1. The summed E-state index contributed by atoms with van der Waals surface area (Å²) in [6.07, 6.45) is 0.129. The van der Waals surface area contributed by atoms with Crippen LogP contribution in [-0.2, 0) is 4.79 Å². The molecule has 1 amide bonds. The fourth-order valence-electron chi connectivity index (χ4n) is 2.86. The fraction of sp³-hybridized carbons (Fsp3) is 0.235. The summed E-state index contributed by atoms with van der Waals surface area (Å²) in [5, 5.41) is 21.5. The standard InChI is InChI=1S/C17H15N5O4S/c1-2-9-27-17-19-16(23)14-10-5-3-4-6-11(10)18-15(21(14)20-17)12-7-8-13(26-12)22(24)25/h3-8,15H,2,9H2,1H3,(H,19,20,23). The van der Waals surface area contributed by atoms with Crippen molar-refractivity contribution in [3.8, 4) is 0 Å². The Morgan fingerprint density at radius 1 is 1.33 bits per heavy atom. The first-order chi connectivity index (χ1) is 13.1. The van der Waals surface area contributed by atoms with Crippen molar-refractivity contribution >= 4 is 34.4 Å². The molecule has 1 unspecified atom stereocenters. The van der Waals surface area contributed by atoms with Gasteiger partial charge in [0.2, 0.25) is 6.17 Å². The van der Waals surface area contributed by atoms with E-state index in [2.05, 4.69) is 15.4 Å². The van der Waals surface area contributed by atoms with Crippen LogP contribution in [-0.4, -0.2) is 26.8 Å². The van der Waals surface area contributed by atoms with E-state index in [1.54, 1.807) is 12.1 Å². The Kier molecular flexibility index (Phi) is 4.40. The number of carbonyl (C=O) groups is 1. The quantitative estimate of drug-likeness (QED) is 0.630. The number of rotatable bonds is 4. The average molecular weight is 385 g/mol. The summed E-state index contributed by atoms with van der Waals surface area (Å²) in [5.74, 6) is 0.364. The number of amidine groups is 1. The lowest BCUT2D eigenvalue weighted by Gasteiger charge is -2.32. The van der Waals surface area contributed by atoms with Crippen molar-refractivity contribution in [2.24, 2.45) is 10.1 Å². The maximum absolute atomic E-state index is 12.8. The van der Waals surface area contributed by atoms with E-state index in [9.17, 15) is 14.9 Å². The van der Waals surface area contributed by atoms with Crippen LogP contribution in [0.25, 0.3) is 5.70 Å². The SMILES string of the molecule is CCCSC1=NN2C(=c3ccccc3=NC2c2ccc([N+](=O)[O-])o2)C(=O)N1. The van der Waals surface area contributed by atoms with Crippen LogP contribution in [0.2, 0.25) is 0 Å². The Labute approximate surface area is 157 Å². The molecule has 0 saturated heterocycles. The molecule has 0 aliphatic carbocycles. The minimum Gasteiger partial charge on any atom is -0.401 e. The van der Waals surface area contributed by atoms with Gasteiger partial charge in [-0.3, -0.25) is 20.2 Å². The Bertz CT molecular complexity index is 1080. The highest BCUT2D eigenvalue weighted by Gasteiger charge is 2.36. The number of para-hydroxylation sites is 1. The van der Waals surface area contributed by atoms with E-state index >= 15 is 0 Å². The van der Waals surface area contributed by atoms with Gasteiger partial charge in [0.1, 0.15) is 10.6 Å². The van der Waals surface area contributed by atoms with Crippen LogP contribution in [0, 0.1) is 10.1 Å².